The molecule has 0 atom stereocenters. The largest absolute Gasteiger partial charge is 0.445 e. The molecule has 118 valence electrons. The number of anilines is 1. The van der Waals surface area contributed by atoms with Gasteiger partial charge in [-0.3, -0.25) is 4.79 Å². The molecule has 0 radical (unpaired) electrons. The van der Waals surface area contributed by atoms with Crippen LogP contribution in [-0.2, 0) is 0 Å². The molecular formula is C15H15N5O2S. The van der Waals surface area contributed by atoms with E-state index in [1.807, 2.05) is 38.3 Å². The molecule has 3 aromatic rings. The Labute approximate surface area is 137 Å². The van der Waals surface area contributed by atoms with E-state index in [2.05, 4.69) is 20.8 Å². The van der Waals surface area contributed by atoms with Gasteiger partial charge in [0, 0.05) is 5.69 Å². The minimum Gasteiger partial charge on any atom is -0.445 e. The molecule has 0 bridgehead atoms. The van der Waals surface area contributed by atoms with E-state index >= 15 is 0 Å². The van der Waals surface area contributed by atoms with Gasteiger partial charge >= 0.3 is 0 Å². The predicted octanol–water partition coefficient (Wildman–Crippen LogP) is 2.85. The van der Waals surface area contributed by atoms with Gasteiger partial charge < -0.3 is 9.73 Å². The van der Waals surface area contributed by atoms with Gasteiger partial charge in [0.2, 0.25) is 0 Å². The summed E-state index contributed by atoms with van der Waals surface area (Å²) in [4.78, 5) is 12.2. The Kier molecular flexibility index (Phi) is 4.16. The Hall–Kier alpha value is -2.61. The van der Waals surface area contributed by atoms with Crippen LogP contribution in [0.4, 0.5) is 5.69 Å². The number of aromatic nitrogens is 4. The first-order valence-electron chi connectivity index (χ1n) is 6.89. The molecule has 0 saturated carbocycles. The van der Waals surface area contributed by atoms with Gasteiger partial charge in [-0.2, -0.15) is 4.68 Å². The Balaban J connectivity index is 1.86. The van der Waals surface area contributed by atoms with Gasteiger partial charge in [-0.25, -0.2) is 0 Å². The van der Waals surface area contributed by atoms with Crippen molar-refractivity contribution in [3.63, 3.8) is 0 Å². The molecule has 0 aliphatic heterocycles. The van der Waals surface area contributed by atoms with Gasteiger partial charge in [-0.15, -0.1) is 5.10 Å². The van der Waals surface area contributed by atoms with Gasteiger partial charge in [0.1, 0.15) is 0 Å². The Bertz CT molecular complexity index is 855. The number of rotatable bonds is 4. The van der Waals surface area contributed by atoms with Crippen LogP contribution in [0.3, 0.4) is 0 Å². The summed E-state index contributed by atoms with van der Waals surface area (Å²) in [6, 6.07) is 8.98. The van der Waals surface area contributed by atoms with E-state index in [4.69, 9.17) is 4.42 Å². The molecule has 0 spiro atoms. The predicted molar refractivity (Wildman–Crippen MR) is 87.1 cm³/mol. The summed E-state index contributed by atoms with van der Waals surface area (Å²) in [7, 11) is 0. The molecule has 8 heteroatoms. The van der Waals surface area contributed by atoms with Crippen molar-refractivity contribution in [3.8, 4) is 5.69 Å². The summed E-state index contributed by atoms with van der Waals surface area (Å²) in [5.41, 5.74) is 2.46. The van der Waals surface area contributed by atoms with Gasteiger partial charge in [-0.1, -0.05) is 17.8 Å². The highest BCUT2D eigenvalue weighted by Gasteiger charge is 2.13. The summed E-state index contributed by atoms with van der Waals surface area (Å²) in [5.74, 6) is 0.649. The Morgan fingerprint density at radius 2 is 2.09 bits per heavy atom. The number of benzene rings is 1. The molecule has 0 unspecified atom stereocenters. The second kappa shape index (κ2) is 6.25. The van der Waals surface area contributed by atoms with Crippen molar-refractivity contribution in [2.45, 2.75) is 18.9 Å². The van der Waals surface area contributed by atoms with Crippen LogP contribution in [0.25, 0.3) is 5.69 Å². The van der Waals surface area contributed by atoms with Crippen molar-refractivity contribution in [2.75, 3.05) is 11.6 Å². The third-order valence-corrected chi connectivity index (χ3v) is 3.95. The molecule has 0 saturated heterocycles. The molecule has 3 rings (SSSR count). The van der Waals surface area contributed by atoms with Crippen molar-refractivity contribution >= 4 is 23.4 Å². The quantitative estimate of drug-likeness (QED) is 0.741. The van der Waals surface area contributed by atoms with Crippen LogP contribution in [0.2, 0.25) is 0 Å². The molecular weight excluding hydrogens is 314 g/mol. The summed E-state index contributed by atoms with van der Waals surface area (Å²) in [5, 5.41) is 15.0. The molecule has 1 N–H and O–H groups in total. The van der Waals surface area contributed by atoms with E-state index in [1.54, 1.807) is 16.8 Å². The van der Waals surface area contributed by atoms with Crippen molar-refractivity contribution in [1.29, 1.82) is 0 Å². The average molecular weight is 329 g/mol. The van der Waals surface area contributed by atoms with Crippen LogP contribution in [0.1, 0.15) is 21.9 Å². The fourth-order valence-corrected chi connectivity index (χ4v) is 2.49. The number of nitrogens with one attached hydrogen (secondary N) is 1. The van der Waals surface area contributed by atoms with Crippen molar-refractivity contribution in [1.82, 2.24) is 20.2 Å². The summed E-state index contributed by atoms with van der Waals surface area (Å²) >= 11 is 1.45. The number of nitrogens with zero attached hydrogens (tertiary/aromatic N) is 4. The molecule has 2 aromatic heterocycles. The van der Waals surface area contributed by atoms with Gasteiger partial charge in [0.25, 0.3) is 5.91 Å². The highest BCUT2D eigenvalue weighted by atomic mass is 32.2. The molecule has 7 nitrogen and oxygen atoms in total. The maximum Gasteiger partial charge on any atom is 0.291 e. The molecule has 0 aliphatic carbocycles. The van der Waals surface area contributed by atoms with Crippen LogP contribution >= 0.6 is 11.8 Å². The average Bonchev–Trinajstić information content (AvgIpc) is 3.18. The number of hydrogen-bond acceptors (Lipinski definition) is 6. The monoisotopic (exact) mass is 329 g/mol. The normalized spacial score (nSPS) is 10.7. The third kappa shape index (κ3) is 3.11. The van der Waals surface area contributed by atoms with Gasteiger partial charge in [0.15, 0.2) is 16.7 Å². The SMILES string of the molecule is CSc1ccc(C(=O)Nc2ccc(C)c(-n3nnnc3C)c2)o1. The second-order valence-corrected chi connectivity index (χ2v) is 5.73. The summed E-state index contributed by atoms with van der Waals surface area (Å²) in [6.45, 7) is 3.77. The lowest BCUT2D eigenvalue weighted by Crippen LogP contribution is -2.12. The fraction of sp³-hybridized carbons (Fsp3) is 0.200. The smallest absolute Gasteiger partial charge is 0.291 e. The van der Waals surface area contributed by atoms with Crippen LogP contribution in [0.5, 0.6) is 0 Å². The number of furan rings is 1. The molecule has 0 fully saturated rings. The summed E-state index contributed by atoms with van der Waals surface area (Å²) in [6.07, 6.45) is 1.89. The number of carbonyl (C=O) groups is 1. The van der Waals surface area contributed by atoms with Crippen molar-refractivity contribution < 1.29 is 9.21 Å². The second-order valence-electron chi connectivity index (χ2n) is 4.92. The molecule has 1 amide bonds. The summed E-state index contributed by atoms with van der Waals surface area (Å²) < 4.78 is 7.05. The maximum atomic E-state index is 12.2. The maximum absolute atomic E-state index is 12.2. The van der Waals surface area contributed by atoms with E-state index in [-0.39, 0.29) is 11.7 Å². The zero-order valence-electron chi connectivity index (χ0n) is 12.9. The number of aryl methyl sites for hydroxylation is 2. The zero-order valence-corrected chi connectivity index (χ0v) is 13.7. The highest BCUT2D eigenvalue weighted by Crippen LogP contribution is 2.22. The highest BCUT2D eigenvalue weighted by molar-refractivity contribution is 7.98. The van der Waals surface area contributed by atoms with Crippen molar-refractivity contribution in [2.24, 2.45) is 0 Å². The minimum atomic E-state index is -0.298. The zero-order chi connectivity index (χ0) is 16.4. The number of amides is 1. The fourth-order valence-electron chi connectivity index (χ4n) is 2.11. The van der Waals surface area contributed by atoms with E-state index in [0.29, 0.717) is 16.6 Å². The van der Waals surface area contributed by atoms with E-state index in [9.17, 15) is 4.79 Å². The molecule has 0 aliphatic rings. The molecule has 23 heavy (non-hydrogen) atoms. The Morgan fingerprint density at radius 1 is 1.26 bits per heavy atom. The van der Waals surface area contributed by atoms with Crippen LogP contribution in [-0.4, -0.2) is 32.4 Å². The number of thioether (sulfide) groups is 1. The van der Waals surface area contributed by atoms with Gasteiger partial charge in [0.05, 0.1) is 5.69 Å². The van der Waals surface area contributed by atoms with Crippen LogP contribution in [0.15, 0.2) is 39.8 Å². The van der Waals surface area contributed by atoms with Crippen molar-refractivity contribution in [3.05, 3.63) is 47.5 Å². The van der Waals surface area contributed by atoms with E-state index in [1.165, 1.54) is 11.8 Å². The lowest BCUT2D eigenvalue weighted by atomic mass is 10.1. The Morgan fingerprint density at radius 3 is 2.74 bits per heavy atom. The number of hydrogen-bond donors (Lipinski definition) is 1. The van der Waals surface area contributed by atoms with Crippen LogP contribution < -0.4 is 5.32 Å². The lowest BCUT2D eigenvalue weighted by Gasteiger charge is -2.09. The third-order valence-electron chi connectivity index (χ3n) is 3.33. The number of tetrazole rings is 1. The first-order valence-corrected chi connectivity index (χ1v) is 8.12. The van der Waals surface area contributed by atoms with Gasteiger partial charge in [-0.05, 0) is 60.4 Å². The van der Waals surface area contributed by atoms with Crippen LogP contribution in [0, 0.1) is 13.8 Å². The number of carbonyl (C=O) groups excluding carboxylic acids is 1. The first-order chi connectivity index (χ1) is 11.1. The van der Waals surface area contributed by atoms with E-state index in [0.717, 1.165) is 11.3 Å². The molecule has 1 aromatic carbocycles. The topological polar surface area (TPSA) is 85.8 Å². The first kappa shape index (κ1) is 15.3. The minimum absolute atomic E-state index is 0.273. The lowest BCUT2D eigenvalue weighted by molar-refractivity contribution is 0.0992. The van der Waals surface area contributed by atoms with E-state index < -0.39 is 0 Å². The standard InChI is InChI=1S/C15H15N5O2S/c1-9-4-5-11(8-12(9)20-10(2)17-18-19-20)16-15(21)13-6-7-14(22-13)23-3/h4-8H,1-3H3,(H,16,21). The molecule has 2 heterocycles.